The van der Waals surface area contributed by atoms with Crippen LogP contribution in [0.5, 0.6) is 11.6 Å². The predicted molar refractivity (Wildman–Crippen MR) is 112 cm³/mol. The maximum Gasteiger partial charge on any atom is 0.238 e. The molecule has 1 amide bonds. The van der Waals surface area contributed by atoms with Gasteiger partial charge in [-0.05, 0) is 69.5 Å². The second kappa shape index (κ2) is 8.62. The number of hydrogen-bond donors (Lipinski definition) is 1. The number of aromatic nitrogens is 4. The summed E-state index contributed by atoms with van der Waals surface area (Å²) >= 11 is 0. The Kier molecular flexibility index (Phi) is 5.76. The Hall–Kier alpha value is -3.26. The summed E-state index contributed by atoms with van der Waals surface area (Å²) in [5.74, 6) is 1.68. The first-order valence-electron chi connectivity index (χ1n) is 10.0. The molecule has 8 nitrogen and oxygen atoms in total. The highest BCUT2D eigenvalue weighted by atomic mass is 16.5. The Labute approximate surface area is 175 Å². The number of ether oxygens (including phenoxy) is 2. The van der Waals surface area contributed by atoms with E-state index in [4.69, 9.17) is 9.47 Å². The van der Waals surface area contributed by atoms with Crippen molar-refractivity contribution >= 4 is 11.6 Å². The van der Waals surface area contributed by atoms with Crippen molar-refractivity contribution in [3.63, 3.8) is 0 Å². The zero-order valence-corrected chi connectivity index (χ0v) is 17.4. The lowest BCUT2D eigenvalue weighted by molar-refractivity contribution is -0.122. The van der Waals surface area contributed by atoms with E-state index in [0.717, 1.165) is 35.5 Å². The van der Waals surface area contributed by atoms with Crippen LogP contribution >= 0.6 is 0 Å². The van der Waals surface area contributed by atoms with Gasteiger partial charge in [-0.2, -0.15) is 5.10 Å². The summed E-state index contributed by atoms with van der Waals surface area (Å²) < 4.78 is 12.9. The third-order valence-corrected chi connectivity index (χ3v) is 5.43. The molecule has 1 fully saturated rings. The Morgan fingerprint density at radius 3 is 2.40 bits per heavy atom. The zero-order chi connectivity index (χ0) is 21.1. The third kappa shape index (κ3) is 4.33. The lowest BCUT2D eigenvalue weighted by Crippen LogP contribution is -2.28. The van der Waals surface area contributed by atoms with Gasteiger partial charge in [-0.15, -0.1) is 10.2 Å². The average Bonchev–Trinajstić information content (AvgIpc) is 3.03. The number of anilines is 1. The molecular formula is C22H25N5O3. The van der Waals surface area contributed by atoms with Gasteiger partial charge in [-0.3, -0.25) is 4.79 Å². The van der Waals surface area contributed by atoms with Crippen LogP contribution in [0, 0.1) is 26.7 Å². The van der Waals surface area contributed by atoms with Crippen LogP contribution in [-0.4, -0.2) is 39.1 Å². The van der Waals surface area contributed by atoms with Crippen LogP contribution in [0.15, 0.2) is 36.4 Å². The Bertz CT molecular complexity index is 1020. The van der Waals surface area contributed by atoms with Gasteiger partial charge in [0.25, 0.3) is 0 Å². The molecule has 0 atom stereocenters. The van der Waals surface area contributed by atoms with E-state index in [1.54, 1.807) is 22.9 Å². The van der Waals surface area contributed by atoms with Gasteiger partial charge in [0, 0.05) is 36.6 Å². The van der Waals surface area contributed by atoms with E-state index in [9.17, 15) is 4.79 Å². The van der Waals surface area contributed by atoms with Gasteiger partial charge in [0.05, 0.1) is 5.69 Å². The van der Waals surface area contributed by atoms with Crippen LogP contribution in [0.25, 0.3) is 5.82 Å². The normalized spacial score (nSPS) is 14.5. The molecule has 3 heterocycles. The molecule has 4 rings (SSSR count). The van der Waals surface area contributed by atoms with Crippen LogP contribution in [0.2, 0.25) is 0 Å². The quantitative estimate of drug-likeness (QED) is 0.693. The van der Waals surface area contributed by atoms with E-state index in [1.165, 1.54) is 0 Å². The number of carbonyl (C=O) groups is 1. The molecule has 30 heavy (non-hydrogen) atoms. The number of nitrogens with zero attached hydrogens (tertiary/aromatic N) is 4. The van der Waals surface area contributed by atoms with E-state index < -0.39 is 0 Å². The van der Waals surface area contributed by atoms with E-state index in [2.05, 4.69) is 20.6 Å². The number of aryl methyl sites for hydroxylation is 1. The largest absolute Gasteiger partial charge is 0.438 e. The Balaban J connectivity index is 1.38. The van der Waals surface area contributed by atoms with Crippen LogP contribution in [0.1, 0.15) is 29.8 Å². The summed E-state index contributed by atoms with van der Waals surface area (Å²) in [7, 11) is 0. The second-order valence-electron chi connectivity index (χ2n) is 7.44. The van der Waals surface area contributed by atoms with Gasteiger partial charge in [-0.25, -0.2) is 4.68 Å². The average molecular weight is 407 g/mol. The van der Waals surface area contributed by atoms with Gasteiger partial charge in [0.1, 0.15) is 5.75 Å². The number of rotatable bonds is 5. The molecule has 2 aromatic heterocycles. The highest BCUT2D eigenvalue weighted by Gasteiger charge is 2.21. The highest BCUT2D eigenvalue weighted by Crippen LogP contribution is 2.23. The first kappa shape index (κ1) is 20.0. The van der Waals surface area contributed by atoms with Crippen LogP contribution < -0.4 is 10.1 Å². The number of benzene rings is 1. The maximum atomic E-state index is 12.3. The van der Waals surface area contributed by atoms with Crippen molar-refractivity contribution in [1.29, 1.82) is 0 Å². The van der Waals surface area contributed by atoms with Gasteiger partial charge in [-0.1, -0.05) is 0 Å². The molecule has 3 aromatic rings. The SMILES string of the molecule is Cc1nn(-c2ccc(Oc3ccc(NC(=O)C4CCOCC4)cc3)nn2)c(C)c1C. The second-order valence-corrected chi connectivity index (χ2v) is 7.44. The molecule has 0 spiro atoms. The fraction of sp³-hybridized carbons (Fsp3) is 0.364. The van der Waals surface area contributed by atoms with Crippen molar-refractivity contribution < 1.29 is 14.3 Å². The maximum absolute atomic E-state index is 12.3. The van der Waals surface area contributed by atoms with E-state index >= 15 is 0 Å². The van der Waals surface area contributed by atoms with Crippen molar-refractivity contribution in [3.05, 3.63) is 53.3 Å². The van der Waals surface area contributed by atoms with E-state index in [1.807, 2.05) is 39.0 Å². The van der Waals surface area contributed by atoms with E-state index in [-0.39, 0.29) is 11.8 Å². The molecule has 1 aliphatic rings. The molecule has 0 saturated carbocycles. The summed E-state index contributed by atoms with van der Waals surface area (Å²) in [6.07, 6.45) is 1.53. The highest BCUT2D eigenvalue weighted by molar-refractivity contribution is 5.92. The summed E-state index contributed by atoms with van der Waals surface area (Å²) in [5, 5.41) is 15.8. The van der Waals surface area contributed by atoms with Gasteiger partial charge in [0.2, 0.25) is 11.8 Å². The first-order chi connectivity index (χ1) is 14.5. The van der Waals surface area contributed by atoms with Gasteiger partial charge >= 0.3 is 0 Å². The van der Waals surface area contributed by atoms with Crippen LogP contribution in [0.3, 0.4) is 0 Å². The van der Waals surface area contributed by atoms with Crippen molar-refractivity contribution in [1.82, 2.24) is 20.0 Å². The lowest BCUT2D eigenvalue weighted by atomic mass is 9.99. The zero-order valence-electron chi connectivity index (χ0n) is 17.4. The fourth-order valence-corrected chi connectivity index (χ4v) is 3.36. The molecule has 1 N–H and O–H groups in total. The minimum absolute atomic E-state index is 0.00876. The minimum atomic E-state index is 0.00876. The van der Waals surface area contributed by atoms with Gasteiger partial charge in [0.15, 0.2) is 5.82 Å². The summed E-state index contributed by atoms with van der Waals surface area (Å²) in [4.78, 5) is 12.3. The molecule has 8 heteroatoms. The van der Waals surface area contributed by atoms with Crippen LogP contribution in [-0.2, 0) is 9.53 Å². The smallest absolute Gasteiger partial charge is 0.238 e. The minimum Gasteiger partial charge on any atom is -0.438 e. The van der Waals surface area contributed by atoms with E-state index in [0.29, 0.717) is 30.7 Å². The predicted octanol–water partition coefficient (Wildman–Crippen LogP) is 3.74. The number of carbonyl (C=O) groups excluding carboxylic acids is 1. The first-order valence-corrected chi connectivity index (χ1v) is 10.0. The van der Waals surface area contributed by atoms with Gasteiger partial charge < -0.3 is 14.8 Å². The standard InChI is InChI=1S/C22H25N5O3/c1-14-15(2)26-27(16(14)3)20-8-9-21(25-24-20)30-19-6-4-18(5-7-19)23-22(28)17-10-12-29-13-11-17/h4-9,17H,10-13H2,1-3H3,(H,23,28). The molecule has 0 bridgehead atoms. The molecule has 0 unspecified atom stereocenters. The Morgan fingerprint density at radius 1 is 1.07 bits per heavy atom. The molecule has 156 valence electrons. The third-order valence-electron chi connectivity index (χ3n) is 5.43. The van der Waals surface area contributed by atoms with Crippen LogP contribution in [0.4, 0.5) is 5.69 Å². The topological polar surface area (TPSA) is 91.2 Å². The molecule has 0 radical (unpaired) electrons. The summed E-state index contributed by atoms with van der Waals surface area (Å²) in [5.41, 5.74) is 3.88. The van der Waals surface area contributed by atoms with Crippen molar-refractivity contribution in [3.8, 4) is 17.4 Å². The number of amides is 1. The summed E-state index contributed by atoms with van der Waals surface area (Å²) in [6.45, 7) is 7.30. The van der Waals surface area contributed by atoms with Crippen molar-refractivity contribution in [2.75, 3.05) is 18.5 Å². The Morgan fingerprint density at radius 2 is 1.80 bits per heavy atom. The van der Waals surface area contributed by atoms with Crippen molar-refractivity contribution in [2.45, 2.75) is 33.6 Å². The molecule has 1 saturated heterocycles. The molecule has 0 aliphatic carbocycles. The monoisotopic (exact) mass is 407 g/mol. The van der Waals surface area contributed by atoms with Crippen molar-refractivity contribution in [2.24, 2.45) is 5.92 Å². The number of nitrogens with one attached hydrogen (secondary N) is 1. The molecular weight excluding hydrogens is 382 g/mol. The molecule has 1 aromatic carbocycles. The molecule has 1 aliphatic heterocycles. The fourth-order valence-electron chi connectivity index (χ4n) is 3.36. The number of hydrogen-bond acceptors (Lipinski definition) is 6. The lowest BCUT2D eigenvalue weighted by Gasteiger charge is -2.21. The summed E-state index contributed by atoms with van der Waals surface area (Å²) in [6, 6.07) is 10.8.